The van der Waals surface area contributed by atoms with Crippen LogP contribution in [0.25, 0.3) is 10.2 Å². The molecule has 130 valence electrons. The maximum atomic E-state index is 12.2. The maximum Gasteiger partial charge on any atom is 0.224 e. The molecule has 0 spiro atoms. The van der Waals surface area contributed by atoms with Gasteiger partial charge in [-0.05, 0) is 43.5 Å². The van der Waals surface area contributed by atoms with Crippen molar-refractivity contribution in [2.24, 2.45) is 0 Å². The molecule has 1 heterocycles. The Hall–Kier alpha value is -2.11. The van der Waals surface area contributed by atoms with Gasteiger partial charge in [0.1, 0.15) is 5.75 Å². The highest BCUT2D eigenvalue weighted by molar-refractivity contribution is 7.18. The number of methoxy groups -OCH3 is 1. The zero-order valence-corrected chi connectivity index (χ0v) is 15.7. The minimum atomic E-state index is -0.0406. The van der Waals surface area contributed by atoms with Crippen molar-refractivity contribution in [3.05, 3.63) is 52.0 Å². The van der Waals surface area contributed by atoms with Gasteiger partial charge >= 0.3 is 0 Å². The van der Waals surface area contributed by atoms with E-state index in [1.54, 1.807) is 24.5 Å². The van der Waals surface area contributed by atoms with Crippen LogP contribution in [0.3, 0.4) is 0 Å². The van der Waals surface area contributed by atoms with Crippen LogP contribution in [0.5, 0.6) is 5.75 Å². The molecule has 0 unspecified atom stereocenters. The third-order valence-corrected chi connectivity index (χ3v) is 5.39. The van der Waals surface area contributed by atoms with Gasteiger partial charge in [-0.3, -0.25) is 4.79 Å². The second-order valence-corrected chi connectivity index (χ2v) is 7.30. The van der Waals surface area contributed by atoms with Gasteiger partial charge in [-0.15, -0.1) is 11.3 Å². The van der Waals surface area contributed by atoms with Gasteiger partial charge in [0.15, 0.2) is 0 Å². The molecule has 0 aliphatic heterocycles. The molecular weight excluding hydrogens is 356 g/mol. The van der Waals surface area contributed by atoms with Gasteiger partial charge in [-0.25, -0.2) is 4.98 Å². The number of halogens is 1. The van der Waals surface area contributed by atoms with Crippen molar-refractivity contribution in [3.8, 4) is 5.75 Å². The lowest BCUT2D eigenvalue weighted by Gasteiger charge is -2.12. The summed E-state index contributed by atoms with van der Waals surface area (Å²) in [6, 6.07) is 11.6. The lowest BCUT2D eigenvalue weighted by molar-refractivity contribution is -0.116. The van der Waals surface area contributed by atoms with Crippen molar-refractivity contribution in [2.45, 2.75) is 26.2 Å². The first-order chi connectivity index (χ1) is 12.1. The van der Waals surface area contributed by atoms with E-state index in [0.29, 0.717) is 22.9 Å². The smallest absolute Gasteiger partial charge is 0.224 e. The monoisotopic (exact) mass is 374 g/mol. The number of amides is 1. The molecule has 0 bridgehead atoms. The Morgan fingerprint density at radius 3 is 2.88 bits per heavy atom. The fourth-order valence-corrected chi connectivity index (χ4v) is 3.73. The van der Waals surface area contributed by atoms with Crippen LogP contribution in [0, 0.1) is 6.92 Å². The summed E-state index contributed by atoms with van der Waals surface area (Å²) in [7, 11) is 1.56. The van der Waals surface area contributed by atoms with Crippen molar-refractivity contribution in [3.63, 3.8) is 0 Å². The van der Waals surface area contributed by atoms with Crippen LogP contribution in [0.2, 0.25) is 5.02 Å². The number of para-hydroxylation sites is 1. The van der Waals surface area contributed by atoms with Gasteiger partial charge in [0, 0.05) is 17.5 Å². The predicted octanol–water partition coefficient (Wildman–Crippen LogP) is 5.23. The average Bonchev–Trinajstić information content (AvgIpc) is 3.00. The molecule has 0 atom stereocenters. The summed E-state index contributed by atoms with van der Waals surface area (Å²) >= 11 is 7.77. The number of ether oxygens (including phenoxy) is 1. The van der Waals surface area contributed by atoms with Crippen LogP contribution >= 0.6 is 22.9 Å². The standard InChI is InChI=1S/C19H19ClN2O2S/c1-12-10-15(16(24-2)11-13(12)20)21-18(23)8-5-9-19-22-14-6-3-4-7-17(14)25-19/h3-4,6-7,10-11H,5,8-9H2,1-2H3,(H,21,23). The molecule has 1 amide bonds. The Morgan fingerprint density at radius 2 is 2.12 bits per heavy atom. The Morgan fingerprint density at radius 1 is 1.32 bits per heavy atom. The van der Waals surface area contributed by atoms with Crippen molar-refractivity contribution in [1.82, 2.24) is 4.98 Å². The van der Waals surface area contributed by atoms with Crippen LogP contribution < -0.4 is 10.1 Å². The number of aromatic nitrogens is 1. The fourth-order valence-electron chi connectivity index (χ4n) is 2.57. The first-order valence-corrected chi connectivity index (χ1v) is 9.24. The number of hydrogen-bond acceptors (Lipinski definition) is 4. The number of rotatable bonds is 6. The van der Waals surface area contributed by atoms with Crippen LogP contribution in [0.4, 0.5) is 5.69 Å². The Kier molecular flexibility index (Phi) is 5.56. The summed E-state index contributed by atoms with van der Waals surface area (Å²) in [6.07, 6.45) is 1.98. The highest BCUT2D eigenvalue weighted by atomic mass is 35.5. The maximum absolute atomic E-state index is 12.2. The van der Waals surface area contributed by atoms with Gasteiger partial charge in [0.05, 0.1) is 28.0 Å². The van der Waals surface area contributed by atoms with Crippen LogP contribution in [-0.2, 0) is 11.2 Å². The van der Waals surface area contributed by atoms with E-state index in [0.717, 1.165) is 28.9 Å². The normalized spacial score (nSPS) is 10.8. The first-order valence-electron chi connectivity index (χ1n) is 8.05. The van der Waals surface area contributed by atoms with Gasteiger partial charge in [0.2, 0.25) is 5.91 Å². The summed E-state index contributed by atoms with van der Waals surface area (Å²) in [5.74, 6) is 0.524. The number of nitrogens with zero attached hydrogens (tertiary/aromatic N) is 1. The second-order valence-electron chi connectivity index (χ2n) is 5.78. The number of nitrogens with one attached hydrogen (secondary N) is 1. The number of carbonyl (C=O) groups is 1. The van der Waals surface area contributed by atoms with E-state index in [4.69, 9.17) is 16.3 Å². The van der Waals surface area contributed by atoms with Gasteiger partial charge in [0.25, 0.3) is 0 Å². The quantitative estimate of drug-likeness (QED) is 0.642. The molecular formula is C19H19ClN2O2S. The summed E-state index contributed by atoms with van der Waals surface area (Å²) in [6.45, 7) is 1.89. The van der Waals surface area contributed by atoms with Gasteiger partial charge in [-0.1, -0.05) is 23.7 Å². The predicted molar refractivity (Wildman–Crippen MR) is 104 cm³/mol. The molecule has 4 nitrogen and oxygen atoms in total. The Bertz CT molecular complexity index is 875. The number of fused-ring (bicyclic) bond motifs is 1. The molecule has 0 saturated carbocycles. The van der Waals surface area contributed by atoms with Gasteiger partial charge in [-0.2, -0.15) is 0 Å². The zero-order chi connectivity index (χ0) is 17.8. The van der Waals surface area contributed by atoms with E-state index in [9.17, 15) is 4.79 Å². The molecule has 0 aliphatic rings. The van der Waals surface area contributed by atoms with E-state index >= 15 is 0 Å². The largest absolute Gasteiger partial charge is 0.495 e. The molecule has 3 rings (SSSR count). The van der Waals surface area contributed by atoms with Crippen molar-refractivity contribution in [2.75, 3.05) is 12.4 Å². The molecule has 1 aromatic heterocycles. The van der Waals surface area contributed by atoms with E-state index in [1.165, 1.54) is 4.70 Å². The SMILES string of the molecule is COc1cc(Cl)c(C)cc1NC(=O)CCCc1nc2ccccc2s1. The summed E-state index contributed by atoms with van der Waals surface area (Å²) in [5.41, 5.74) is 2.56. The molecule has 1 N–H and O–H groups in total. The molecule has 0 aliphatic carbocycles. The van der Waals surface area contributed by atoms with Crippen molar-refractivity contribution >= 4 is 44.7 Å². The Labute approximate surface area is 155 Å². The number of thiazole rings is 1. The number of benzene rings is 2. The molecule has 3 aromatic rings. The highest BCUT2D eigenvalue weighted by Gasteiger charge is 2.11. The van der Waals surface area contributed by atoms with E-state index in [-0.39, 0.29) is 5.91 Å². The number of hydrogen-bond donors (Lipinski definition) is 1. The van der Waals surface area contributed by atoms with E-state index < -0.39 is 0 Å². The molecule has 0 radical (unpaired) electrons. The van der Waals surface area contributed by atoms with Crippen molar-refractivity contribution < 1.29 is 9.53 Å². The summed E-state index contributed by atoms with van der Waals surface area (Å²) in [5, 5.41) is 4.58. The topological polar surface area (TPSA) is 51.2 Å². The molecule has 2 aromatic carbocycles. The lowest BCUT2D eigenvalue weighted by atomic mass is 10.2. The average molecular weight is 375 g/mol. The molecule has 0 saturated heterocycles. The molecule has 6 heteroatoms. The summed E-state index contributed by atoms with van der Waals surface area (Å²) < 4.78 is 6.47. The van der Waals surface area contributed by atoms with E-state index in [1.807, 2.05) is 31.2 Å². The number of carbonyl (C=O) groups excluding carboxylic acids is 1. The van der Waals surface area contributed by atoms with Crippen molar-refractivity contribution in [1.29, 1.82) is 0 Å². The Balaban J connectivity index is 1.57. The second kappa shape index (κ2) is 7.85. The molecule has 0 fully saturated rings. The highest BCUT2D eigenvalue weighted by Crippen LogP contribution is 2.31. The first kappa shape index (κ1) is 17.7. The van der Waals surface area contributed by atoms with Gasteiger partial charge < -0.3 is 10.1 Å². The third kappa shape index (κ3) is 4.30. The minimum absolute atomic E-state index is 0.0406. The minimum Gasteiger partial charge on any atom is -0.495 e. The van der Waals surface area contributed by atoms with Crippen LogP contribution in [-0.4, -0.2) is 18.0 Å². The molecule has 25 heavy (non-hydrogen) atoms. The summed E-state index contributed by atoms with van der Waals surface area (Å²) in [4.78, 5) is 16.8. The van der Waals surface area contributed by atoms with Crippen LogP contribution in [0.15, 0.2) is 36.4 Å². The zero-order valence-electron chi connectivity index (χ0n) is 14.1. The third-order valence-electron chi connectivity index (χ3n) is 3.89. The number of aryl methyl sites for hydroxylation is 2. The fraction of sp³-hybridized carbons (Fsp3) is 0.263. The van der Waals surface area contributed by atoms with E-state index in [2.05, 4.69) is 16.4 Å². The number of anilines is 1. The van der Waals surface area contributed by atoms with Crippen LogP contribution in [0.1, 0.15) is 23.4 Å². The lowest BCUT2D eigenvalue weighted by Crippen LogP contribution is -2.12.